The number of hydrogen-bond acceptors (Lipinski definition) is 1. The van der Waals surface area contributed by atoms with E-state index in [9.17, 15) is 18.0 Å². The highest BCUT2D eigenvalue weighted by Crippen LogP contribution is 2.41. The Morgan fingerprint density at radius 3 is 1.96 bits per heavy atom. The van der Waals surface area contributed by atoms with Gasteiger partial charge in [-0.25, -0.2) is 0 Å². The van der Waals surface area contributed by atoms with Gasteiger partial charge in [-0.05, 0) is 35.8 Å². The van der Waals surface area contributed by atoms with Crippen molar-refractivity contribution in [2.45, 2.75) is 31.9 Å². The summed E-state index contributed by atoms with van der Waals surface area (Å²) in [5, 5.41) is 0. The van der Waals surface area contributed by atoms with E-state index in [-0.39, 0.29) is 12.2 Å². The van der Waals surface area contributed by atoms with Gasteiger partial charge in [0.2, 0.25) is 0 Å². The molecule has 2 aromatic rings. The zero-order valence-electron chi connectivity index (χ0n) is 13.7. The van der Waals surface area contributed by atoms with Crippen molar-refractivity contribution in [2.75, 3.05) is 0 Å². The van der Waals surface area contributed by atoms with Crippen molar-refractivity contribution in [3.05, 3.63) is 77.9 Å². The topological polar surface area (TPSA) is 17.1 Å². The van der Waals surface area contributed by atoms with Gasteiger partial charge in [-0.3, -0.25) is 4.79 Å². The lowest BCUT2D eigenvalue weighted by molar-refractivity contribution is -0.137. The molecule has 0 heterocycles. The molecule has 1 atom stereocenters. The molecule has 0 spiro atoms. The summed E-state index contributed by atoms with van der Waals surface area (Å²) < 4.78 is 38.2. The Bertz CT molecular complexity index is 730. The van der Waals surface area contributed by atoms with E-state index >= 15 is 0 Å². The smallest absolute Gasteiger partial charge is 0.300 e. The highest BCUT2D eigenvalue weighted by Gasteiger charge is 2.33. The normalized spacial score (nSPS) is 14.0. The van der Waals surface area contributed by atoms with Crippen molar-refractivity contribution in [2.24, 2.45) is 0 Å². The van der Waals surface area contributed by atoms with E-state index in [0.29, 0.717) is 11.1 Å². The van der Waals surface area contributed by atoms with Gasteiger partial charge in [0.25, 0.3) is 0 Å². The van der Waals surface area contributed by atoms with Gasteiger partial charge in [0.05, 0.1) is 5.56 Å². The zero-order valence-corrected chi connectivity index (χ0v) is 13.7. The number of alkyl halides is 3. The molecule has 0 fully saturated rings. The molecule has 0 saturated carbocycles. The maximum atomic E-state index is 12.7. The monoisotopic (exact) mass is 332 g/mol. The number of halogens is 3. The number of rotatable bonds is 5. The van der Waals surface area contributed by atoms with Crippen LogP contribution >= 0.6 is 0 Å². The molecule has 2 rings (SSSR count). The molecule has 0 unspecified atom stereocenters. The van der Waals surface area contributed by atoms with E-state index in [2.05, 4.69) is 6.58 Å². The van der Waals surface area contributed by atoms with Gasteiger partial charge in [0.1, 0.15) is 5.78 Å². The molecule has 0 aliphatic carbocycles. The van der Waals surface area contributed by atoms with Gasteiger partial charge in [0.15, 0.2) is 0 Å². The Labute approximate surface area is 139 Å². The van der Waals surface area contributed by atoms with Crippen molar-refractivity contribution in [1.82, 2.24) is 0 Å². The first-order chi connectivity index (χ1) is 11.1. The second-order valence-electron chi connectivity index (χ2n) is 6.13. The number of carbonyl (C=O) groups is 1. The van der Waals surface area contributed by atoms with Crippen molar-refractivity contribution in [3.8, 4) is 0 Å². The first-order valence-corrected chi connectivity index (χ1v) is 7.56. The molecule has 0 aromatic heterocycles. The maximum absolute atomic E-state index is 12.7. The quantitative estimate of drug-likeness (QED) is 0.691. The van der Waals surface area contributed by atoms with Crippen LogP contribution in [0.5, 0.6) is 0 Å². The number of carbonyl (C=O) groups excluding carboxylic acids is 1. The van der Waals surface area contributed by atoms with Gasteiger partial charge in [0, 0.05) is 11.8 Å². The van der Waals surface area contributed by atoms with E-state index in [4.69, 9.17) is 0 Å². The predicted octanol–water partition coefficient (Wildman–Crippen LogP) is 5.66. The Morgan fingerprint density at radius 2 is 1.50 bits per heavy atom. The van der Waals surface area contributed by atoms with Crippen LogP contribution in [0.2, 0.25) is 0 Å². The van der Waals surface area contributed by atoms with Gasteiger partial charge in [-0.2, -0.15) is 13.2 Å². The molecule has 1 nitrogen and oxygen atoms in total. The first kappa shape index (κ1) is 18.0. The van der Waals surface area contributed by atoms with E-state index < -0.39 is 17.2 Å². The lowest BCUT2D eigenvalue weighted by Gasteiger charge is -2.32. The first-order valence-electron chi connectivity index (χ1n) is 7.56. The summed E-state index contributed by atoms with van der Waals surface area (Å²) >= 11 is 0. The summed E-state index contributed by atoms with van der Waals surface area (Å²) in [4.78, 5) is 11.8. The molecule has 0 amide bonds. The largest absolute Gasteiger partial charge is 0.416 e. The van der Waals surface area contributed by atoms with Crippen LogP contribution in [0, 0.1) is 0 Å². The molecular formula is C20H19F3O. The lowest BCUT2D eigenvalue weighted by Crippen LogP contribution is -2.26. The highest BCUT2D eigenvalue weighted by atomic mass is 19.4. The fraction of sp³-hybridized carbons (Fsp3) is 0.250. The van der Waals surface area contributed by atoms with Gasteiger partial charge in [-0.15, -0.1) is 0 Å². The number of ketones is 1. The molecule has 126 valence electrons. The van der Waals surface area contributed by atoms with Crippen LogP contribution in [0.1, 0.15) is 37.0 Å². The third-order valence-electron chi connectivity index (χ3n) is 4.24. The summed E-state index contributed by atoms with van der Waals surface area (Å²) in [7, 11) is 0. The van der Waals surface area contributed by atoms with Crippen LogP contribution in [-0.2, 0) is 16.4 Å². The fourth-order valence-corrected chi connectivity index (χ4v) is 2.87. The van der Waals surface area contributed by atoms with Gasteiger partial charge < -0.3 is 0 Å². The van der Waals surface area contributed by atoms with Crippen LogP contribution in [0.4, 0.5) is 13.2 Å². The Hall–Kier alpha value is -2.36. The zero-order chi connectivity index (χ0) is 18.0. The number of allylic oxidation sites excluding steroid dienone is 1. The number of hydrogen-bond donors (Lipinski definition) is 0. The number of benzene rings is 2. The van der Waals surface area contributed by atoms with Crippen molar-refractivity contribution >= 4 is 11.4 Å². The third-order valence-corrected chi connectivity index (χ3v) is 4.24. The standard InChI is InChI=1S/C20H19F3O/c1-14(24)13-19(3,17-7-5-4-6-8-17)15(2)16-9-11-18(12-10-16)20(21,22)23/h4-12H,2,13H2,1,3H3/t19-/m0/s1. The van der Waals surface area contributed by atoms with Crippen molar-refractivity contribution in [1.29, 1.82) is 0 Å². The molecule has 0 bridgehead atoms. The molecule has 0 aliphatic rings. The SMILES string of the molecule is C=C(c1ccc(C(F)(F)F)cc1)[C@](C)(CC(C)=O)c1ccccc1. The van der Waals surface area contributed by atoms with E-state index in [1.54, 1.807) is 0 Å². The Balaban J connectivity index is 2.44. The highest BCUT2D eigenvalue weighted by molar-refractivity contribution is 5.84. The molecular weight excluding hydrogens is 313 g/mol. The van der Waals surface area contributed by atoms with Crippen molar-refractivity contribution in [3.63, 3.8) is 0 Å². The van der Waals surface area contributed by atoms with Gasteiger partial charge >= 0.3 is 6.18 Å². The second-order valence-corrected chi connectivity index (χ2v) is 6.13. The molecule has 0 radical (unpaired) electrons. The summed E-state index contributed by atoms with van der Waals surface area (Å²) in [6.07, 6.45) is -4.14. The number of Topliss-reactive ketones (excluding diaryl/α,β-unsaturated/α-hetero) is 1. The molecule has 2 aromatic carbocycles. The average molecular weight is 332 g/mol. The lowest BCUT2D eigenvalue weighted by atomic mass is 9.71. The summed E-state index contributed by atoms with van der Waals surface area (Å²) in [6, 6.07) is 14.3. The van der Waals surface area contributed by atoms with Crippen LogP contribution in [0.25, 0.3) is 5.57 Å². The van der Waals surface area contributed by atoms with Gasteiger partial charge in [-0.1, -0.05) is 56.0 Å². The molecule has 24 heavy (non-hydrogen) atoms. The maximum Gasteiger partial charge on any atom is 0.416 e. The fourth-order valence-electron chi connectivity index (χ4n) is 2.87. The molecule has 0 N–H and O–H groups in total. The summed E-state index contributed by atoms with van der Waals surface area (Å²) in [5.41, 5.74) is 0.748. The van der Waals surface area contributed by atoms with Crippen LogP contribution in [-0.4, -0.2) is 5.78 Å². The van der Waals surface area contributed by atoms with Crippen molar-refractivity contribution < 1.29 is 18.0 Å². The van der Waals surface area contributed by atoms with Crippen LogP contribution < -0.4 is 0 Å². The van der Waals surface area contributed by atoms with E-state index in [1.807, 2.05) is 37.3 Å². The summed E-state index contributed by atoms with van der Waals surface area (Å²) in [6.45, 7) is 7.48. The Morgan fingerprint density at radius 1 is 0.958 bits per heavy atom. The second kappa shape index (κ2) is 6.63. The third kappa shape index (κ3) is 3.75. The van der Waals surface area contributed by atoms with Crippen LogP contribution in [0.3, 0.4) is 0 Å². The minimum absolute atomic E-state index is 0.00517. The Kier molecular flexibility index (Phi) is 4.97. The minimum atomic E-state index is -4.37. The average Bonchev–Trinajstić information content (AvgIpc) is 2.53. The van der Waals surface area contributed by atoms with E-state index in [0.717, 1.165) is 17.7 Å². The van der Waals surface area contributed by atoms with Crippen LogP contribution in [0.15, 0.2) is 61.2 Å². The molecule has 4 heteroatoms. The summed E-state index contributed by atoms with van der Waals surface area (Å²) in [5.74, 6) is -0.00517. The minimum Gasteiger partial charge on any atom is -0.300 e. The molecule has 0 saturated heterocycles. The predicted molar refractivity (Wildman–Crippen MR) is 89.6 cm³/mol. The van der Waals surface area contributed by atoms with E-state index in [1.165, 1.54) is 19.1 Å². The molecule has 0 aliphatic heterocycles.